The van der Waals surface area contributed by atoms with Crippen molar-refractivity contribution < 1.29 is 4.79 Å². The molecule has 4 heteroatoms. The number of nitrogen functional groups attached to an aromatic ring is 1. The first-order valence-corrected chi connectivity index (χ1v) is 7.55. The van der Waals surface area contributed by atoms with Crippen LogP contribution < -0.4 is 11.1 Å². The molecule has 1 aliphatic heterocycles. The number of nitrogens with zero attached hydrogens (tertiary/aromatic N) is 1. The van der Waals surface area contributed by atoms with Gasteiger partial charge in [-0.25, -0.2) is 0 Å². The van der Waals surface area contributed by atoms with Gasteiger partial charge in [0.1, 0.15) is 0 Å². The van der Waals surface area contributed by atoms with Crippen molar-refractivity contribution in [1.82, 2.24) is 10.2 Å². The molecule has 3 N–H and O–H groups in total. The van der Waals surface area contributed by atoms with Crippen molar-refractivity contribution >= 4 is 11.6 Å². The number of aryl methyl sites for hydroxylation is 1. The SMILES string of the molecule is CCc1cc(C(=O)NC2CCN(CC)CC2)ccc1N. The Morgan fingerprint density at radius 1 is 1.35 bits per heavy atom. The van der Waals surface area contributed by atoms with Crippen molar-refractivity contribution in [2.45, 2.75) is 39.2 Å². The summed E-state index contributed by atoms with van der Waals surface area (Å²) in [5, 5.41) is 3.14. The van der Waals surface area contributed by atoms with Crippen molar-refractivity contribution in [3.8, 4) is 0 Å². The summed E-state index contributed by atoms with van der Waals surface area (Å²) in [4.78, 5) is 14.7. The van der Waals surface area contributed by atoms with Crippen LogP contribution in [0.1, 0.15) is 42.6 Å². The molecule has 4 nitrogen and oxygen atoms in total. The second-order valence-corrected chi connectivity index (χ2v) is 5.45. The smallest absolute Gasteiger partial charge is 0.251 e. The van der Waals surface area contributed by atoms with Crippen LogP contribution in [0.25, 0.3) is 0 Å². The average Bonchev–Trinajstić information content (AvgIpc) is 2.48. The Bertz CT molecular complexity index is 465. The van der Waals surface area contributed by atoms with Crippen LogP contribution in [-0.4, -0.2) is 36.5 Å². The number of carbonyl (C=O) groups excluding carboxylic acids is 1. The monoisotopic (exact) mass is 275 g/mol. The van der Waals surface area contributed by atoms with Gasteiger partial charge in [-0.1, -0.05) is 13.8 Å². The first-order chi connectivity index (χ1) is 9.63. The minimum Gasteiger partial charge on any atom is -0.399 e. The molecule has 0 aromatic heterocycles. The predicted molar refractivity (Wildman–Crippen MR) is 82.8 cm³/mol. The molecule has 1 aliphatic rings. The minimum atomic E-state index is 0.0228. The lowest BCUT2D eigenvalue weighted by molar-refractivity contribution is 0.0912. The topological polar surface area (TPSA) is 58.4 Å². The van der Waals surface area contributed by atoms with Gasteiger partial charge in [-0.15, -0.1) is 0 Å². The molecule has 1 amide bonds. The summed E-state index contributed by atoms with van der Waals surface area (Å²) < 4.78 is 0. The molecule has 20 heavy (non-hydrogen) atoms. The van der Waals surface area contributed by atoms with Crippen molar-refractivity contribution in [2.75, 3.05) is 25.4 Å². The van der Waals surface area contributed by atoms with Gasteiger partial charge in [0.25, 0.3) is 5.91 Å². The highest BCUT2D eigenvalue weighted by atomic mass is 16.1. The summed E-state index contributed by atoms with van der Waals surface area (Å²) in [6.45, 7) is 7.47. The molecule has 1 saturated heterocycles. The largest absolute Gasteiger partial charge is 0.399 e. The van der Waals surface area contributed by atoms with E-state index in [-0.39, 0.29) is 5.91 Å². The Hall–Kier alpha value is -1.55. The molecule has 1 aromatic carbocycles. The molecule has 1 fully saturated rings. The molecular formula is C16H25N3O. The summed E-state index contributed by atoms with van der Waals surface area (Å²) in [5.74, 6) is 0.0228. The summed E-state index contributed by atoms with van der Waals surface area (Å²) in [6.07, 6.45) is 2.92. The zero-order chi connectivity index (χ0) is 14.5. The molecular weight excluding hydrogens is 250 g/mol. The van der Waals surface area contributed by atoms with E-state index in [0.29, 0.717) is 11.6 Å². The molecule has 0 atom stereocenters. The number of piperidine rings is 1. The molecule has 110 valence electrons. The van der Waals surface area contributed by atoms with Crippen LogP contribution in [0.3, 0.4) is 0 Å². The standard InChI is InChI=1S/C16H25N3O/c1-3-12-11-13(5-6-15(12)17)16(20)18-14-7-9-19(4-2)10-8-14/h5-6,11,14H,3-4,7-10,17H2,1-2H3,(H,18,20). The van der Waals surface area contributed by atoms with Crippen LogP contribution in [0.5, 0.6) is 0 Å². The van der Waals surface area contributed by atoms with E-state index < -0.39 is 0 Å². The number of benzene rings is 1. The molecule has 0 unspecified atom stereocenters. The van der Waals surface area contributed by atoms with Gasteiger partial charge < -0.3 is 16.0 Å². The Kier molecular flexibility index (Phi) is 5.01. The van der Waals surface area contributed by atoms with E-state index in [1.807, 2.05) is 25.1 Å². The van der Waals surface area contributed by atoms with E-state index in [4.69, 9.17) is 5.73 Å². The fourth-order valence-electron chi connectivity index (χ4n) is 2.72. The molecule has 0 spiro atoms. The van der Waals surface area contributed by atoms with Gasteiger partial charge in [0.15, 0.2) is 0 Å². The van der Waals surface area contributed by atoms with Crippen LogP contribution in [0.2, 0.25) is 0 Å². The van der Waals surface area contributed by atoms with Gasteiger partial charge in [-0.3, -0.25) is 4.79 Å². The maximum Gasteiger partial charge on any atom is 0.251 e. The van der Waals surface area contributed by atoms with E-state index in [2.05, 4.69) is 17.1 Å². The van der Waals surface area contributed by atoms with Gasteiger partial charge in [0.05, 0.1) is 0 Å². The molecule has 0 saturated carbocycles. The maximum absolute atomic E-state index is 12.3. The van der Waals surface area contributed by atoms with Crippen LogP contribution in [-0.2, 0) is 6.42 Å². The van der Waals surface area contributed by atoms with E-state index in [0.717, 1.165) is 50.1 Å². The Labute approximate surface area is 121 Å². The lowest BCUT2D eigenvalue weighted by Crippen LogP contribution is -2.44. The van der Waals surface area contributed by atoms with Gasteiger partial charge in [-0.2, -0.15) is 0 Å². The molecule has 2 rings (SSSR count). The second-order valence-electron chi connectivity index (χ2n) is 5.45. The Morgan fingerprint density at radius 3 is 2.65 bits per heavy atom. The van der Waals surface area contributed by atoms with E-state index in [1.165, 1.54) is 0 Å². The lowest BCUT2D eigenvalue weighted by atomic mass is 10.0. The maximum atomic E-state index is 12.3. The second kappa shape index (κ2) is 6.75. The molecule has 1 heterocycles. The van der Waals surface area contributed by atoms with Crippen LogP contribution in [0.15, 0.2) is 18.2 Å². The number of amides is 1. The predicted octanol–water partition coefficient (Wildman–Crippen LogP) is 2.05. The molecule has 0 radical (unpaired) electrons. The first-order valence-electron chi connectivity index (χ1n) is 7.55. The number of carbonyl (C=O) groups is 1. The van der Waals surface area contributed by atoms with Gasteiger partial charge in [0.2, 0.25) is 0 Å². The van der Waals surface area contributed by atoms with Crippen LogP contribution in [0, 0.1) is 0 Å². The van der Waals surface area contributed by atoms with Gasteiger partial charge >= 0.3 is 0 Å². The van der Waals surface area contributed by atoms with Gasteiger partial charge in [-0.05, 0) is 49.6 Å². The number of nitrogens with two attached hydrogens (primary N) is 1. The number of rotatable bonds is 4. The minimum absolute atomic E-state index is 0.0228. The summed E-state index contributed by atoms with van der Waals surface area (Å²) in [5.41, 5.74) is 8.40. The number of nitrogens with one attached hydrogen (secondary N) is 1. The highest BCUT2D eigenvalue weighted by Crippen LogP contribution is 2.16. The summed E-state index contributed by atoms with van der Waals surface area (Å²) in [7, 11) is 0. The molecule has 1 aromatic rings. The zero-order valence-corrected chi connectivity index (χ0v) is 12.5. The summed E-state index contributed by atoms with van der Waals surface area (Å²) >= 11 is 0. The third-order valence-electron chi connectivity index (χ3n) is 4.16. The highest BCUT2D eigenvalue weighted by molar-refractivity contribution is 5.95. The Balaban J connectivity index is 1.95. The highest BCUT2D eigenvalue weighted by Gasteiger charge is 2.20. The normalized spacial score (nSPS) is 17.1. The number of hydrogen-bond acceptors (Lipinski definition) is 3. The molecule has 0 aliphatic carbocycles. The van der Waals surface area contributed by atoms with Crippen LogP contribution >= 0.6 is 0 Å². The van der Waals surface area contributed by atoms with Crippen molar-refractivity contribution in [3.05, 3.63) is 29.3 Å². The van der Waals surface area contributed by atoms with Crippen LogP contribution in [0.4, 0.5) is 5.69 Å². The first kappa shape index (κ1) is 14.9. The van der Waals surface area contributed by atoms with Crippen molar-refractivity contribution in [2.24, 2.45) is 0 Å². The zero-order valence-electron chi connectivity index (χ0n) is 12.5. The average molecular weight is 275 g/mol. The number of hydrogen-bond donors (Lipinski definition) is 2. The quantitative estimate of drug-likeness (QED) is 0.827. The lowest BCUT2D eigenvalue weighted by Gasteiger charge is -2.31. The number of anilines is 1. The van der Waals surface area contributed by atoms with Crippen molar-refractivity contribution in [3.63, 3.8) is 0 Å². The fraction of sp³-hybridized carbons (Fsp3) is 0.562. The van der Waals surface area contributed by atoms with E-state index in [9.17, 15) is 4.79 Å². The number of likely N-dealkylation sites (tertiary alicyclic amines) is 1. The van der Waals surface area contributed by atoms with Crippen molar-refractivity contribution in [1.29, 1.82) is 0 Å². The third-order valence-corrected chi connectivity index (χ3v) is 4.16. The summed E-state index contributed by atoms with van der Waals surface area (Å²) in [6, 6.07) is 5.84. The van der Waals surface area contributed by atoms with E-state index in [1.54, 1.807) is 0 Å². The van der Waals surface area contributed by atoms with Gasteiger partial charge in [0, 0.05) is 30.4 Å². The van der Waals surface area contributed by atoms with E-state index >= 15 is 0 Å². The third kappa shape index (κ3) is 3.51. The Morgan fingerprint density at radius 2 is 2.05 bits per heavy atom. The fourth-order valence-corrected chi connectivity index (χ4v) is 2.72. The molecule has 0 bridgehead atoms.